The number of hydrogen-bond acceptors (Lipinski definition) is 5. The Bertz CT molecular complexity index is 745. The van der Waals surface area contributed by atoms with Crippen molar-refractivity contribution in [2.24, 2.45) is 5.92 Å². The first-order valence-electron chi connectivity index (χ1n) is 9.38. The van der Waals surface area contributed by atoms with E-state index in [-0.39, 0.29) is 11.7 Å². The predicted molar refractivity (Wildman–Crippen MR) is 104 cm³/mol. The lowest BCUT2D eigenvalue weighted by atomic mass is 10.0. The molecule has 8 nitrogen and oxygen atoms in total. The smallest absolute Gasteiger partial charge is 0.339 e. The van der Waals surface area contributed by atoms with Crippen molar-refractivity contribution < 1.29 is 23.9 Å². The van der Waals surface area contributed by atoms with E-state index in [1.807, 2.05) is 6.92 Å². The van der Waals surface area contributed by atoms with Crippen molar-refractivity contribution in [3.05, 3.63) is 24.3 Å². The summed E-state index contributed by atoms with van der Waals surface area (Å²) in [6.07, 6.45) is 2.85. The van der Waals surface area contributed by atoms with Crippen LogP contribution in [-0.2, 0) is 14.4 Å². The van der Waals surface area contributed by atoms with Crippen molar-refractivity contribution in [2.75, 3.05) is 18.6 Å². The second-order valence-electron chi connectivity index (χ2n) is 7.31. The molecule has 1 saturated heterocycles. The van der Waals surface area contributed by atoms with E-state index in [4.69, 9.17) is 4.74 Å². The van der Waals surface area contributed by atoms with Gasteiger partial charge in [0.1, 0.15) is 12.3 Å². The van der Waals surface area contributed by atoms with Gasteiger partial charge in [-0.25, -0.2) is 14.6 Å². The summed E-state index contributed by atoms with van der Waals surface area (Å²) in [7, 11) is 1.49. The minimum Gasteiger partial charge on any atom is -0.497 e. The highest BCUT2D eigenvalue weighted by atomic mass is 16.5. The zero-order chi connectivity index (χ0) is 20.8. The second kappa shape index (κ2) is 9.34. The largest absolute Gasteiger partial charge is 0.497 e. The lowest BCUT2D eigenvalue weighted by Crippen LogP contribution is -2.44. The van der Waals surface area contributed by atoms with E-state index in [9.17, 15) is 19.2 Å². The molecule has 0 spiro atoms. The number of carbonyl (C=O) groups is 4. The van der Waals surface area contributed by atoms with Gasteiger partial charge in [-0.15, -0.1) is 0 Å². The number of rotatable bonds is 9. The van der Waals surface area contributed by atoms with E-state index in [1.54, 1.807) is 12.1 Å². The number of urea groups is 1. The van der Waals surface area contributed by atoms with Gasteiger partial charge in [-0.3, -0.25) is 14.4 Å². The Kier molecular flexibility index (Phi) is 7.14. The van der Waals surface area contributed by atoms with Crippen molar-refractivity contribution in [3.8, 4) is 5.75 Å². The van der Waals surface area contributed by atoms with Crippen molar-refractivity contribution >= 4 is 29.4 Å². The molecule has 1 aromatic carbocycles. The van der Waals surface area contributed by atoms with Crippen molar-refractivity contribution in [1.82, 2.24) is 10.2 Å². The zero-order valence-electron chi connectivity index (χ0n) is 16.7. The molecule has 2 rings (SSSR count). The van der Waals surface area contributed by atoms with Crippen molar-refractivity contribution in [1.29, 1.82) is 0 Å². The maximum Gasteiger partial charge on any atom is 0.339 e. The molecule has 152 valence electrons. The monoisotopic (exact) mass is 389 g/mol. The predicted octanol–water partition coefficient (Wildman–Crippen LogP) is 2.32. The van der Waals surface area contributed by atoms with E-state index < -0.39 is 30.3 Å². The van der Waals surface area contributed by atoms with Gasteiger partial charge in [0.2, 0.25) is 5.91 Å². The number of carbonyl (C=O) groups excluding carboxylic acids is 4. The molecular formula is C20H27N3O5. The van der Waals surface area contributed by atoms with E-state index in [1.165, 1.54) is 19.2 Å². The molecule has 0 radical (unpaired) electrons. The van der Waals surface area contributed by atoms with Crippen LogP contribution in [0.1, 0.15) is 40.0 Å². The zero-order valence-corrected chi connectivity index (χ0v) is 16.7. The summed E-state index contributed by atoms with van der Waals surface area (Å²) < 4.78 is 5.04. The third-order valence-corrected chi connectivity index (χ3v) is 4.51. The number of nitrogens with one attached hydrogen (secondary N) is 1. The minimum absolute atomic E-state index is 0.0764. The summed E-state index contributed by atoms with van der Waals surface area (Å²) >= 11 is 0. The number of ether oxygens (including phenoxy) is 1. The van der Waals surface area contributed by atoms with Gasteiger partial charge in [-0.2, -0.15) is 0 Å². The fourth-order valence-corrected chi connectivity index (χ4v) is 2.97. The first kappa shape index (κ1) is 21.4. The molecule has 0 saturated carbocycles. The summed E-state index contributed by atoms with van der Waals surface area (Å²) in [6, 6.07) is 5.25. The quantitative estimate of drug-likeness (QED) is 0.516. The van der Waals surface area contributed by atoms with Crippen LogP contribution >= 0.6 is 0 Å². The molecule has 1 aromatic rings. The summed E-state index contributed by atoms with van der Waals surface area (Å²) in [6.45, 7) is 5.67. The molecule has 0 bridgehead atoms. The third-order valence-electron chi connectivity index (χ3n) is 4.51. The van der Waals surface area contributed by atoms with Crippen molar-refractivity contribution in [3.63, 3.8) is 0 Å². The first-order chi connectivity index (χ1) is 13.2. The standard InChI is InChI=1S/C20H27N3O5/c1-13(2)6-5-7-14(3)21-17(24)12-22-18(25)19(26)23(20(22)27)15-8-10-16(28-4)11-9-15/h8-11,13-14H,5-7,12H2,1-4H3,(H,21,24)/t14-/m0/s1. The maximum atomic E-state index is 12.5. The van der Waals surface area contributed by atoms with Gasteiger partial charge in [-0.05, 0) is 43.5 Å². The molecule has 1 atom stereocenters. The fraction of sp³-hybridized carbons (Fsp3) is 0.500. The molecule has 1 fully saturated rings. The molecule has 1 aliphatic heterocycles. The van der Waals surface area contributed by atoms with Crippen LogP contribution in [0.15, 0.2) is 24.3 Å². The molecule has 1 N–H and O–H groups in total. The molecule has 1 aliphatic rings. The molecule has 0 unspecified atom stereocenters. The number of benzene rings is 1. The Morgan fingerprint density at radius 2 is 1.68 bits per heavy atom. The molecule has 5 amide bonds. The number of anilines is 1. The summed E-state index contributed by atoms with van der Waals surface area (Å²) in [5.74, 6) is -1.31. The Labute approximate surface area is 164 Å². The molecule has 8 heteroatoms. The van der Waals surface area contributed by atoms with Gasteiger partial charge in [0, 0.05) is 6.04 Å². The lowest BCUT2D eigenvalue weighted by molar-refractivity contribution is -0.140. The van der Waals surface area contributed by atoms with Crippen LogP contribution in [0.25, 0.3) is 0 Å². The minimum atomic E-state index is -1.01. The molecule has 28 heavy (non-hydrogen) atoms. The number of amides is 5. The number of methoxy groups -OCH3 is 1. The van der Waals surface area contributed by atoms with Crippen LogP contribution in [-0.4, -0.2) is 48.3 Å². The van der Waals surface area contributed by atoms with Crippen LogP contribution in [0, 0.1) is 5.92 Å². The van der Waals surface area contributed by atoms with Gasteiger partial charge < -0.3 is 10.1 Å². The van der Waals surface area contributed by atoms with Gasteiger partial charge in [0.25, 0.3) is 0 Å². The van der Waals surface area contributed by atoms with Crippen LogP contribution < -0.4 is 15.0 Å². The van der Waals surface area contributed by atoms with E-state index in [0.29, 0.717) is 16.6 Å². The maximum absolute atomic E-state index is 12.5. The van der Waals surface area contributed by atoms with Gasteiger partial charge in [-0.1, -0.05) is 26.7 Å². The van der Waals surface area contributed by atoms with Gasteiger partial charge in [0.15, 0.2) is 0 Å². The third kappa shape index (κ3) is 5.09. The normalized spacial score (nSPS) is 15.4. The highest BCUT2D eigenvalue weighted by Gasteiger charge is 2.46. The fourth-order valence-electron chi connectivity index (χ4n) is 2.97. The average molecular weight is 389 g/mol. The van der Waals surface area contributed by atoms with Crippen molar-refractivity contribution in [2.45, 2.75) is 46.1 Å². The molecule has 0 aromatic heterocycles. The van der Waals surface area contributed by atoms with Crippen LogP contribution in [0.2, 0.25) is 0 Å². The number of nitrogens with zero attached hydrogens (tertiary/aromatic N) is 2. The molecule has 1 heterocycles. The van der Waals surface area contributed by atoms with E-state index in [2.05, 4.69) is 19.2 Å². The van der Waals surface area contributed by atoms with Crippen LogP contribution in [0.3, 0.4) is 0 Å². The van der Waals surface area contributed by atoms with Crippen LogP contribution in [0.4, 0.5) is 10.5 Å². The van der Waals surface area contributed by atoms with Gasteiger partial charge >= 0.3 is 17.8 Å². The second-order valence-corrected chi connectivity index (χ2v) is 7.31. The number of hydrogen-bond donors (Lipinski definition) is 1. The summed E-state index contributed by atoms with van der Waals surface area (Å²) in [4.78, 5) is 50.7. The van der Waals surface area contributed by atoms with Crippen LogP contribution in [0.5, 0.6) is 5.75 Å². The molecular weight excluding hydrogens is 362 g/mol. The summed E-state index contributed by atoms with van der Waals surface area (Å²) in [5, 5.41) is 2.77. The van der Waals surface area contributed by atoms with Gasteiger partial charge in [0.05, 0.1) is 12.8 Å². The summed E-state index contributed by atoms with van der Waals surface area (Å²) in [5.41, 5.74) is 0.245. The Morgan fingerprint density at radius 1 is 1.04 bits per heavy atom. The SMILES string of the molecule is COc1ccc(N2C(=O)C(=O)N(CC(=O)N[C@@H](C)CCCC(C)C)C2=O)cc1. The highest BCUT2D eigenvalue weighted by molar-refractivity contribution is 6.53. The Balaban J connectivity index is 1.98. The average Bonchev–Trinajstić information content (AvgIpc) is 2.85. The van der Waals surface area contributed by atoms with E-state index >= 15 is 0 Å². The Hall–Kier alpha value is -2.90. The molecule has 0 aliphatic carbocycles. The highest BCUT2D eigenvalue weighted by Crippen LogP contribution is 2.24. The number of imide groups is 2. The Morgan fingerprint density at radius 3 is 2.25 bits per heavy atom. The van der Waals surface area contributed by atoms with E-state index in [0.717, 1.165) is 24.2 Å². The topological polar surface area (TPSA) is 96.0 Å². The lowest BCUT2D eigenvalue weighted by Gasteiger charge is -2.18. The first-order valence-corrected chi connectivity index (χ1v) is 9.38.